The summed E-state index contributed by atoms with van der Waals surface area (Å²) in [6, 6.07) is 0.0302. The van der Waals surface area contributed by atoms with Crippen LogP contribution in [0.4, 0.5) is 0 Å². The van der Waals surface area contributed by atoms with Gasteiger partial charge in [0.05, 0.1) is 5.75 Å². The van der Waals surface area contributed by atoms with Crippen LogP contribution >= 0.6 is 12.4 Å². The average Bonchev–Trinajstić information content (AvgIpc) is 2.28. The van der Waals surface area contributed by atoms with E-state index in [-0.39, 0.29) is 30.1 Å². The first-order chi connectivity index (χ1) is 8.01. The Bertz CT molecular complexity index is 322. The molecule has 0 amide bonds. The molecule has 0 saturated carbocycles. The Balaban J connectivity index is 0.00000289. The first-order valence-electron chi connectivity index (χ1n) is 6.70. The van der Waals surface area contributed by atoms with Gasteiger partial charge in [0.1, 0.15) is 0 Å². The molecule has 18 heavy (non-hydrogen) atoms. The van der Waals surface area contributed by atoms with Crippen LogP contribution in [-0.2, 0) is 10.0 Å². The van der Waals surface area contributed by atoms with Crippen LogP contribution in [0.5, 0.6) is 0 Å². The maximum Gasteiger partial charge on any atom is 0.214 e. The van der Waals surface area contributed by atoms with Gasteiger partial charge in [0.2, 0.25) is 10.0 Å². The molecular weight excluding hydrogens is 272 g/mol. The molecule has 0 aromatic rings. The van der Waals surface area contributed by atoms with Crippen LogP contribution < -0.4 is 5.73 Å². The van der Waals surface area contributed by atoms with Crippen LogP contribution in [0.1, 0.15) is 46.0 Å². The van der Waals surface area contributed by atoms with Gasteiger partial charge in [0.15, 0.2) is 0 Å². The quantitative estimate of drug-likeness (QED) is 0.815. The highest BCUT2D eigenvalue weighted by Gasteiger charge is 2.31. The van der Waals surface area contributed by atoms with E-state index >= 15 is 0 Å². The summed E-state index contributed by atoms with van der Waals surface area (Å²) < 4.78 is 26.3. The van der Waals surface area contributed by atoms with Gasteiger partial charge in [0, 0.05) is 19.1 Å². The number of hydrogen-bond acceptors (Lipinski definition) is 3. The molecule has 1 fully saturated rings. The number of piperidine rings is 1. The Hall–Kier alpha value is 0.160. The number of nitrogens with two attached hydrogens (primary N) is 1. The Morgan fingerprint density at radius 1 is 1.39 bits per heavy atom. The molecule has 1 saturated heterocycles. The zero-order valence-electron chi connectivity index (χ0n) is 11.5. The monoisotopic (exact) mass is 298 g/mol. The molecule has 0 spiro atoms. The van der Waals surface area contributed by atoms with Crippen molar-refractivity contribution in [3.05, 3.63) is 0 Å². The summed E-state index contributed by atoms with van der Waals surface area (Å²) in [6.45, 7) is 5.21. The van der Waals surface area contributed by atoms with Crippen molar-refractivity contribution in [3.8, 4) is 0 Å². The maximum atomic E-state index is 12.3. The number of rotatable bonds is 6. The van der Waals surface area contributed by atoms with Crippen molar-refractivity contribution in [2.24, 2.45) is 11.7 Å². The summed E-state index contributed by atoms with van der Waals surface area (Å²) in [6.07, 6.45) is 4.99. The second kappa shape index (κ2) is 8.35. The molecule has 0 aliphatic carbocycles. The van der Waals surface area contributed by atoms with E-state index in [9.17, 15) is 8.42 Å². The van der Waals surface area contributed by atoms with Gasteiger partial charge in [-0.15, -0.1) is 12.4 Å². The number of nitrogens with zero attached hydrogens (tertiary/aromatic N) is 1. The second-order valence-electron chi connectivity index (χ2n) is 5.17. The standard InChI is InChI=1S/C12H26N2O2S.ClH/c1-3-6-11(2)10-17(15,16)14-8-5-4-7-12(14)9-13;/h11-12H,3-10,13H2,1-2H3;1H. The second-order valence-corrected chi connectivity index (χ2v) is 7.13. The topological polar surface area (TPSA) is 63.4 Å². The number of halogens is 1. The zero-order valence-corrected chi connectivity index (χ0v) is 13.1. The largest absolute Gasteiger partial charge is 0.329 e. The first kappa shape index (κ1) is 18.2. The van der Waals surface area contributed by atoms with Gasteiger partial charge in [-0.25, -0.2) is 8.42 Å². The lowest BCUT2D eigenvalue weighted by Crippen LogP contribution is -2.48. The molecule has 6 heteroatoms. The van der Waals surface area contributed by atoms with E-state index in [1.165, 1.54) is 0 Å². The fourth-order valence-electron chi connectivity index (χ4n) is 2.61. The lowest BCUT2D eigenvalue weighted by atomic mass is 10.1. The normalized spacial score (nSPS) is 23.4. The van der Waals surface area contributed by atoms with E-state index in [1.807, 2.05) is 6.92 Å². The van der Waals surface area contributed by atoms with E-state index in [4.69, 9.17) is 5.73 Å². The van der Waals surface area contributed by atoms with Crippen molar-refractivity contribution >= 4 is 22.4 Å². The van der Waals surface area contributed by atoms with E-state index < -0.39 is 10.0 Å². The van der Waals surface area contributed by atoms with Gasteiger partial charge in [-0.1, -0.05) is 26.7 Å². The summed E-state index contributed by atoms with van der Waals surface area (Å²) in [5.41, 5.74) is 5.67. The minimum Gasteiger partial charge on any atom is -0.329 e. The van der Waals surface area contributed by atoms with Gasteiger partial charge in [-0.2, -0.15) is 4.31 Å². The molecular formula is C12H27ClN2O2S. The Morgan fingerprint density at radius 2 is 2.06 bits per heavy atom. The van der Waals surface area contributed by atoms with Crippen molar-refractivity contribution in [1.29, 1.82) is 0 Å². The molecule has 1 aliphatic rings. The van der Waals surface area contributed by atoms with Crippen LogP contribution in [0.2, 0.25) is 0 Å². The van der Waals surface area contributed by atoms with E-state index in [1.54, 1.807) is 4.31 Å². The molecule has 1 rings (SSSR count). The van der Waals surface area contributed by atoms with Crippen LogP contribution in [0, 0.1) is 5.92 Å². The Morgan fingerprint density at radius 3 is 2.61 bits per heavy atom. The minimum atomic E-state index is -3.11. The molecule has 0 radical (unpaired) electrons. The predicted octanol–water partition coefficient (Wildman–Crippen LogP) is 1.99. The smallest absolute Gasteiger partial charge is 0.214 e. The fraction of sp³-hybridized carbons (Fsp3) is 1.00. The van der Waals surface area contributed by atoms with Crippen molar-refractivity contribution in [2.45, 2.75) is 52.0 Å². The van der Waals surface area contributed by atoms with E-state index in [0.29, 0.717) is 13.1 Å². The number of hydrogen-bond donors (Lipinski definition) is 1. The molecule has 2 N–H and O–H groups in total. The van der Waals surface area contributed by atoms with Crippen LogP contribution in [0.15, 0.2) is 0 Å². The molecule has 1 heterocycles. The highest BCUT2D eigenvalue weighted by molar-refractivity contribution is 7.89. The van der Waals surface area contributed by atoms with Crippen molar-refractivity contribution in [3.63, 3.8) is 0 Å². The molecule has 0 aromatic heterocycles. The van der Waals surface area contributed by atoms with Gasteiger partial charge in [0.25, 0.3) is 0 Å². The average molecular weight is 299 g/mol. The summed E-state index contributed by atoms with van der Waals surface area (Å²) in [4.78, 5) is 0. The Kier molecular flexibility index (Phi) is 8.43. The van der Waals surface area contributed by atoms with Crippen molar-refractivity contribution in [2.75, 3.05) is 18.8 Å². The fourth-order valence-corrected chi connectivity index (χ4v) is 4.74. The van der Waals surface area contributed by atoms with Crippen LogP contribution in [-0.4, -0.2) is 37.6 Å². The third-order valence-corrected chi connectivity index (χ3v) is 5.66. The highest BCUT2D eigenvalue weighted by Crippen LogP contribution is 2.22. The zero-order chi connectivity index (χ0) is 12.9. The Labute approximate surface area is 118 Å². The first-order valence-corrected chi connectivity index (χ1v) is 8.31. The van der Waals surface area contributed by atoms with Crippen LogP contribution in [0.3, 0.4) is 0 Å². The van der Waals surface area contributed by atoms with Crippen molar-refractivity contribution in [1.82, 2.24) is 4.31 Å². The molecule has 0 bridgehead atoms. The number of sulfonamides is 1. The van der Waals surface area contributed by atoms with Gasteiger partial charge >= 0.3 is 0 Å². The summed E-state index contributed by atoms with van der Waals surface area (Å²) in [7, 11) is -3.11. The molecule has 2 atom stereocenters. The van der Waals surface area contributed by atoms with Crippen LogP contribution in [0.25, 0.3) is 0 Å². The highest BCUT2D eigenvalue weighted by atomic mass is 35.5. The molecule has 1 aliphatic heterocycles. The molecule has 0 aromatic carbocycles. The summed E-state index contributed by atoms with van der Waals surface area (Å²) >= 11 is 0. The third kappa shape index (κ3) is 5.03. The summed E-state index contributed by atoms with van der Waals surface area (Å²) in [5.74, 6) is 0.516. The lowest BCUT2D eigenvalue weighted by molar-refractivity contribution is 0.256. The molecule has 4 nitrogen and oxygen atoms in total. The van der Waals surface area contributed by atoms with Gasteiger partial charge < -0.3 is 5.73 Å². The lowest BCUT2D eigenvalue weighted by Gasteiger charge is -2.34. The molecule has 2 unspecified atom stereocenters. The SMILES string of the molecule is CCCC(C)CS(=O)(=O)N1CCCCC1CN.Cl. The van der Waals surface area contributed by atoms with Gasteiger partial charge in [-0.05, 0) is 25.2 Å². The van der Waals surface area contributed by atoms with E-state index in [2.05, 4.69) is 6.92 Å². The van der Waals surface area contributed by atoms with Crippen molar-refractivity contribution < 1.29 is 8.42 Å². The van der Waals surface area contributed by atoms with E-state index in [0.717, 1.165) is 32.1 Å². The summed E-state index contributed by atoms with van der Waals surface area (Å²) in [5, 5.41) is 0. The maximum absolute atomic E-state index is 12.3. The third-order valence-electron chi connectivity index (χ3n) is 3.48. The van der Waals surface area contributed by atoms with Gasteiger partial charge in [-0.3, -0.25) is 0 Å². The predicted molar refractivity (Wildman–Crippen MR) is 78.5 cm³/mol. The minimum absolute atomic E-state index is 0. The molecule has 110 valence electrons.